The first-order valence-corrected chi connectivity index (χ1v) is 17.0. The molecule has 7 nitrogen and oxygen atoms in total. The second kappa shape index (κ2) is 15.6. The van der Waals surface area contributed by atoms with Crippen LogP contribution in [-0.4, -0.2) is 44.3 Å². The molecule has 0 unspecified atom stereocenters. The van der Waals surface area contributed by atoms with Gasteiger partial charge in [-0.3, -0.25) is 13.9 Å². The zero-order chi connectivity index (χ0) is 32.6. The summed E-state index contributed by atoms with van der Waals surface area (Å²) in [4.78, 5) is 29.6. The quantitative estimate of drug-likeness (QED) is 0.160. The largest absolute Gasteiger partial charge is 0.354 e. The normalized spacial score (nSPS) is 11.9. The van der Waals surface area contributed by atoms with Crippen molar-refractivity contribution in [1.29, 1.82) is 0 Å². The Balaban J connectivity index is 1.83. The highest BCUT2D eigenvalue weighted by molar-refractivity contribution is 7.92. The third-order valence-electron chi connectivity index (χ3n) is 7.14. The van der Waals surface area contributed by atoms with Crippen molar-refractivity contribution in [3.63, 3.8) is 0 Å². The number of nitrogens with one attached hydrogen (secondary N) is 1. The molecule has 0 fully saturated rings. The lowest BCUT2D eigenvalue weighted by molar-refractivity contribution is -0.140. The second-order valence-corrected chi connectivity index (χ2v) is 13.7. The molecule has 0 aliphatic heterocycles. The van der Waals surface area contributed by atoms with E-state index in [-0.39, 0.29) is 39.5 Å². The average molecular weight is 687 g/mol. The molecule has 0 aliphatic carbocycles. The van der Waals surface area contributed by atoms with Gasteiger partial charge in [-0.1, -0.05) is 108 Å². The summed E-state index contributed by atoms with van der Waals surface area (Å²) in [6.45, 7) is 3.52. The molecule has 11 heteroatoms. The summed E-state index contributed by atoms with van der Waals surface area (Å²) in [5, 5.41) is 3.72. The molecule has 236 valence electrons. The Kier molecular flexibility index (Phi) is 11.9. The van der Waals surface area contributed by atoms with E-state index in [9.17, 15) is 18.0 Å². The Morgan fingerprint density at radius 2 is 1.47 bits per heavy atom. The SMILES string of the molecule is CCCNC(=O)[C@H](Cc1ccccc1)N(Cc1ccccc1Cl)C(=O)CN(c1cc(Cl)cc(Cl)c1)S(=O)(=O)c1ccc(C)cc1. The molecule has 0 aliphatic rings. The third-order valence-corrected chi connectivity index (χ3v) is 9.74. The summed E-state index contributed by atoms with van der Waals surface area (Å²) in [5.41, 5.74) is 2.41. The molecule has 0 aromatic heterocycles. The highest BCUT2D eigenvalue weighted by atomic mass is 35.5. The smallest absolute Gasteiger partial charge is 0.264 e. The molecular formula is C34H34Cl3N3O4S. The number of halogens is 3. The maximum absolute atomic E-state index is 14.5. The highest BCUT2D eigenvalue weighted by Crippen LogP contribution is 2.31. The summed E-state index contributed by atoms with van der Waals surface area (Å²) in [6.07, 6.45) is 0.890. The number of hydrogen-bond acceptors (Lipinski definition) is 4. The van der Waals surface area contributed by atoms with Gasteiger partial charge in [0.15, 0.2) is 0 Å². The van der Waals surface area contributed by atoms with Crippen LogP contribution in [0.4, 0.5) is 5.69 Å². The standard InChI is InChI=1S/C34H34Cl3N3O4S/c1-3-17-38-34(42)32(18-25-9-5-4-6-10-25)39(22-26-11-7-8-12-31(26)37)33(41)23-40(29-20-27(35)19-28(36)21-29)45(43,44)30-15-13-24(2)14-16-30/h4-16,19-21,32H,3,17-18,22-23H2,1-2H3,(H,38,42)/t32-/m0/s1. The first-order valence-electron chi connectivity index (χ1n) is 14.4. The maximum atomic E-state index is 14.5. The van der Waals surface area contributed by atoms with Crippen molar-refractivity contribution in [3.8, 4) is 0 Å². The molecule has 4 aromatic carbocycles. The van der Waals surface area contributed by atoms with Crippen LogP contribution < -0.4 is 9.62 Å². The molecule has 0 heterocycles. The van der Waals surface area contributed by atoms with Gasteiger partial charge in [0, 0.05) is 34.6 Å². The van der Waals surface area contributed by atoms with Crippen molar-refractivity contribution in [2.75, 3.05) is 17.4 Å². The van der Waals surface area contributed by atoms with E-state index >= 15 is 0 Å². The van der Waals surface area contributed by atoms with E-state index in [0.717, 1.165) is 15.4 Å². The minimum absolute atomic E-state index is 0.0174. The molecule has 45 heavy (non-hydrogen) atoms. The van der Waals surface area contributed by atoms with E-state index in [1.54, 1.807) is 36.4 Å². The van der Waals surface area contributed by atoms with Crippen LogP contribution in [0.3, 0.4) is 0 Å². The van der Waals surface area contributed by atoms with Crippen LogP contribution in [0.1, 0.15) is 30.0 Å². The van der Waals surface area contributed by atoms with Gasteiger partial charge in [0.05, 0.1) is 10.6 Å². The first-order chi connectivity index (χ1) is 21.5. The fraction of sp³-hybridized carbons (Fsp3) is 0.235. The Bertz CT molecular complexity index is 1720. The van der Waals surface area contributed by atoms with Gasteiger partial charge >= 0.3 is 0 Å². The number of aryl methyl sites for hydroxylation is 1. The van der Waals surface area contributed by atoms with Crippen LogP contribution in [0, 0.1) is 6.92 Å². The number of sulfonamides is 1. The van der Waals surface area contributed by atoms with Crippen LogP contribution in [0.5, 0.6) is 0 Å². The van der Waals surface area contributed by atoms with Gasteiger partial charge in [0.25, 0.3) is 10.0 Å². The van der Waals surface area contributed by atoms with Gasteiger partial charge in [0.1, 0.15) is 12.6 Å². The lowest BCUT2D eigenvalue weighted by Crippen LogP contribution is -2.53. The molecular weight excluding hydrogens is 653 g/mol. The number of nitrogens with zero attached hydrogens (tertiary/aromatic N) is 2. The minimum Gasteiger partial charge on any atom is -0.354 e. The summed E-state index contributed by atoms with van der Waals surface area (Å²) >= 11 is 19.1. The van der Waals surface area contributed by atoms with Crippen molar-refractivity contribution >= 4 is 62.3 Å². The molecule has 0 radical (unpaired) electrons. The summed E-state index contributed by atoms with van der Waals surface area (Å²) in [6, 6.07) is 26.0. The van der Waals surface area contributed by atoms with Crippen molar-refractivity contribution in [2.24, 2.45) is 0 Å². The number of anilines is 1. The van der Waals surface area contributed by atoms with E-state index in [1.165, 1.54) is 35.2 Å². The van der Waals surface area contributed by atoms with Crippen LogP contribution >= 0.6 is 34.8 Å². The van der Waals surface area contributed by atoms with Crippen LogP contribution in [0.15, 0.2) is 102 Å². The summed E-state index contributed by atoms with van der Waals surface area (Å²) in [5.74, 6) is -0.978. The minimum atomic E-state index is -4.29. The van der Waals surface area contributed by atoms with Crippen molar-refractivity contribution in [1.82, 2.24) is 10.2 Å². The second-order valence-electron chi connectivity index (χ2n) is 10.6. The highest BCUT2D eigenvalue weighted by Gasteiger charge is 2.35. The van der Waals surface area contributed by atoms with Crippen molar-refractivity contribution in [2.45, 2.75) is 44.2 Å². The zero-order valence-electron chi connectivity index (χ0n) is 24.9. The molecule has 1 atom stereocenters. The molecule has 0 saturated heterocycles. The van der Waals surface area contributed by atoms with Gasteiger partial charge in [-0.25, -0.2) is 8.42 Å². The van der Waals surface area contributed by atoms with E-state index in [4.69, 9.17) is 34.8 Å². The predicted octanol–water partition coefficient (Wildman–Crippen LogP) is 7.32. The van der Waals surface area contributed by atoms with Crippen molar-refractivity contribution in [3.05, 3.63) is 129 Å². The van der Waals surface area contributed by atoms with E-state index in [2.05, 4.69) is 5.32 Å². The molecule has 0 spiro atoms. The van der Waals surface area contributed by atoms with Gasteiger partial charge in [-0.05, 0) is 60.9 Å². The van der Waals surface area contributed by atoms with E-state index < -0.39 is 28.5 Å². The Labute approximate surface area is 279 Å². The molecule has 0 bridgehead atoms. The summed E-state index contributed by atoms with van der Waals surface area (Å²) < 4.78 is 29.3. The third kappa shape index (κ3) is 9.01. The fourth-order valence-corrected chi connectivity index (χ4v) is 6.89. The fourth-order valence-electron chi connectivity index (χ4n) is 4.78. The molecule has 1 N–H and O–H groups in total. The maximum Gasteiger partial charge on any atom is 0.264 e. The number of amides is 2. The van der Waals surface area contributed by atoms with Gasteiger partial charge in [0.2, 0.25) is 11.8 Å². The predicted molar refractivity (Wildman–Crippen MR) is 181 cm³/mol. The van der Waals surface area contributed by atoms with Gasteiger partial charge in [-0.15, -0.1) is 0 Å². The number of benzene rings is 4. The van der Waals surface area contributed by atoms with Gasteiger partial charge < -0.3 is 10.2 Å². The Hall–Kier alpha value is -3.56. The van der Waals surface area contributed by atoms with Gasteiger partial charge in [-0.2, -0.15) is 0 Å². The van der Waals surface area contributed by atoms with Crippen molar-refractivity contribution < 1.29 is 18.0 Å². The zero-order valence-corrected chi connectivity index (χ0v) is 28.0. The van der Waals surface area contributed by atoms with E-state index in [1.807, 2.05) is 44.2 Å². The van der Waals surface area contributed by atoms with Crippen LogP contribution in [0.2, 0.25) is 15.1 Å². The molecule has 2 amide bonds. The molecule has 4 rings (SSSR count). The Morgan fingerprint density at radius 3 is 2.09 bits per heavy atom. The number of carbonyl (C=O) groups excluding carboxylic acids is 2. The van der Waals surface area contributed by atoms with E-state index in [0.29, 0.717) is 23.6 Å². The van der Waals surface area contributed by atoms with Crippen LogP contribution in [0.25, 0.3) is 0 Å². The average Bonchev–Trinajstić information content (AvgIpc) is 3.01. The lowest BCUT2D eigenvalue weighted by atomic mass is 10.0. The number of hydrogen-bond donors (Lipinski definition) is 1. The van der Waals surface area contributed by atoms with Crippen LogP contribution in [-0.2, 0) is 32.6 Å². The molecule has 4 aromatic rings. The number of carbonyl (C=O) groups is 2. The monoisotopic (exact) mass is 685 g/mol. The topological polar surface area (TPSA) is 86.8 Å². The molecule has 0 saturated carbocycles. The summed E-state index contributed by atoms with van der Waals surface area (Å²) in [7, 11) is -4.29. The number of rotatable bonds is 13. The Morgan fingerprint density at radius 1 is 0.844 bits per heavy atom. The lowest BCUT2D eigenvalue weighted by Gasteiger charge is -2.34. The first kappa shape index (κ1) is 34.3.